The van der Waals surface area contributed by atoms with Gasteiger partial charge in [-0.3, -0.25) is 9.59 Å². The number of halogens is 2. The van der Waals surface area contributed by atoms with E-state index in [4.69, 9.17) is 0 Å². The van der Waals surface area contributed by atoms with Crippen molar-refractivity contribution in [3.63, 3.8) is 0 Å². The van der Waals surface area contributed by atoms with Crippen LogP contribution in [0.5, 0.6) is 0 Å². The number of carbonyl (C=O) groups is 2. The molecule has 0 saturated carbocycles. The lowest BCUT2D eigenvalue weighted by Crippen LogP contribution is -2.33. The van der Waals surface area contributed by atoms with Gasteiger partial charge in [0, 0.05) is 5.92 Å². The highest BCUT2D eigenvalue weighted by molar-refractivity contribution is 6.07. The number of Topliss-reactive ketones (excluding diaryl/α,β-unsaturated/α-hetero) is 1. The Morgan fingerprint density at radius 2 is 1.90 bits per heavy atom. The van der Waals surface area contributed by atoms with Gasteiger partial charge in [0.25, 0.3) is 0 Å². The minimum absolute atomic E-state index is 0.159. The summed E-state index contributed by atoms with van der Waals surface area (Å²) >= 11 is 0. The molecule has 0 fully saturated rings. The molecule has 1 aromatic rings. The molecule has 21 heavy (non-hydrogen) atoms. The summed E-state index contributed by atoms with van der Waals surface area (Å²) in [4.78, 5) is 24.4. The van der Waals surface area contributed by atoms with E-state index in [1.165, 1.54) is 12.1 Å². The Balaban J connectivity index is 2.91. The lowest BCUT2D eigenvalue weighted by atomic mass is 9.88. The third-order valence-corrected chi connectivity index (χ3v) is 3.54. The quantitative estimate of drug-likeness (QED) is 0.775. The number of carbonyl (C=O) groups excluding carboxylic acids is 2. The number of nitrogens with one attached hydrogen (secondary N) is 1. The summed E-state index contributed by atoms with van der Waals surface area (Å²) in [6, 6.07) is 3.55. The fourth-order valence-electron chi connectivity index (χ4n) is 2.06. The third kappa shape index (κ3) is 4.34. The summed E-state index contributed by atoms with van der Waals surface area (Å²) in [6.07, 6.45) is 1.69. The predicted octanol–water partition coefficient (Wildman–Crippen LogP) is 3.93. The van der Waals surface area contributed by atoms with Crippen LogP contribution in [0, 0.1) is 23.5 Å². The predicted molar refractivity (Wildman–Crippen MR) is 77.8 cm³/mol. The van der Waals surface area contributed by atoms with E-state index < -0.39 is 23.5 Å². The van der Waals surface area contributed by atoms with E-state index in [1.807, 2.05) is 13.8 Å². The van der Waals surface area contributed by atoms with E-state index in [0.29, 0.717) is 19.3 Å². The fraction of sp³-hybridized carbons (Fsp3) is 0.500. The largest absolute Gasteiger partial charge is 0.323 e. The zero-order chi connectivity index (χ0) is 16.0. The SMILES string of the molecule is CCCC(C(=O)Nc1cccc(F)c1F)C(=O)[C@H](C)CC. The van der Waals surface area contributed by atoms with Gasteiger partial charge in [-0.15, -0.1) is 0 Å². The highest BCUT2D eigenvalue weighted by Crippen LogP contribution is 2.21. The van der Waals surface area contributed by atoms with Crippen molar-refractivity contribution >= 4 is 17.4 Å². The molecule has 1 aromatic carbocycles. The van der Waals surface area contributed by atoms with Crippen molar-refractivity contribution in [1.82, 2.24) is 0 Å². The molecule has 0 spiro atoms. The van der Waals surface area contributed by atoms with E-state index >= 15 is 0 Å². The summed E-state index contributed by atoms with van der Waals surface area (Å²) in [6.45, 7) is 5.50. The van der Waals surface area contributed by atoms with Crippen molar-refractivity contribution in [2.45, 2.75) is 40.0 Å². The Kier molecular flexibility index (Phi) is 6.46. The smallest absolute Gasteiger partial charge is 0.235 e. The Morgan fingerprint density at radius 3 is 2.48 bits per heavy atom. The Morgan fingerprint density at radius 1 is 1.24 bits per heavy atom. The summed E-state index contributed by atoms with van der Waals surface area (Å²) < 4.78 is 26.7. The molecule has 0 saturated heterocycles. The van der Waals surface area contributed by atoms with Crippen molar-refractivity contribution in [3.05, 3.63) is 29.8 Å². The van der Waals surface area contributed by atoms with Crippen molar-refractivity contribution < 1.29 is 18.4 Å². The molecule has 0 aliphatic heterocycles. The van der Waals surface area contributed by atoms with Crippen LogP contribution < -0.4 is 5.32 Å². The summed E-state index contributed by atoms with van der Waals surface area (Å²) in [5, 5.41) is 2.32. The van der Waals surface area contributed by atoms with Crippen LogP contribution >= 0.6 is 0 Å². The molecule has 1 N–H and O–H groups in total. The molecule has 3 nitrogen and oxygen atoms in total. The topological polar surface area (TPSA) is 46.2 Å². The highest BCUT2D eigenvalue weighted by Gasteiger charge is 2.29. The average Bonchev–Trinajstić information content (AvgIpc) is 2.47. The van der Waals surface area contributed by atoms with Crippen molar-refractivity contribution in [2.24, 2.45) is 11.8 Å². The number of anilines is 1. The first-order chi connectivity index (χ1) is 9.92. The van der Waals surface area contributed by atoms with Crippen LogP contribution in [0.1, 0.15) is 40.0 Å². The second kappa shape index (κ2) is 7.86. The molecule has 0 heterocycles. The van der Waals surface area contributed by atoms with Crippen molar-refractivity contribution in [1.29, 1.82) is 0 Å². The normalized spacial score (nSPS) is 13.6. The molecule has 5 heteroatoms. The molecule has 0 aliphatic carbocycles. The molecule has 1 amide bonds. The summed E-state index contributed by atoms with van der Waals surface area (Å²) in [5.41, 5.74) is -0.238. The summed E-state index contributed by atoms with van der Waals surface area (Å²) in [5.74, 6) is -3.94. The van der Waals surface area contributed by atoms with Gasteiger partial charge in [0.05, 0.1) is 11.6 Å². The van der Waals surface area contributed by atoms with E-state index in [1.54, 1.807) is 6.92 Å². The second-order valence-corrected chi connectivity index (χ2v) is 5.14. The van der Waals surface area contributed by atoms with Gasteiger partial charge in [0.2, 0.25) is 5.91 Å². The van der Waals surface area contributed by atoms with Gasteiger partial charge < -0.3 is 5.32 Å². The first-order valence-electron chi connectivity index (χ1n) is 7.20. The van der Waals surface area contributed by atoms with Crippen LogP contribution in [0.15, 0.2) is 18.2 Å². The van der Waals surface area contributed by atoms with Gasteiger partial charge in [-0.05, 0) is 25.0 Å². The van der Waals surface area contributed by atoms with Gasteiger partial charge in [0.15, 0.2) is 11.6 Å². The van der Waals surface area contributed by atoms with E-state index in [0.717, 1.165) is 6.07 Å². The maximum absolute atomic E-state index is 13.6. The van der Waals surface area contributed by atoms with E-state index in [-0.39, 0.29) is 17.4 Å². The zero-order valence-electron chi connectivity index (χ0n) is 12.6. The van der Waals surface area contributed by atoms with Gasteiger partial charge in [0.1, 0.15) is 5.78 Å². The third-order valence-electron chi connectivity index (χ3n) is 3.54. The molecule has 1 unspecified atom stereocenters. The molecule has 0 bridgehead atoms. The number of benzene rings is 1. The molecule has 0 aromatic heterocycles. The Hall–Kier alpha value is -1.78. The lowest BCUT2D eigenvalue weighted by molar-refractivity contribution is -0.133. The maximum Gasteiger partial charge on any atom is 0.235 e. The number of amides is 1. The first kappa shape index (κ1) is 17.3. The molecular formula is C16H21F2NO2. The molecular weight excluding hydrogens is 276 g/mol. The molecule has 0 radical (unpaired) electrons. The van der Waals surface area contributed by atoms with Gasteiger partial charge in [-0.2, -0.15) is 0 Å². The van der Waals surface area contributed by atoms with Crippen LogP contribution in [0.3, 0.4) is 0 Å². The average molecular weight is 297 g/mol. The first-order valence-corrected chi connectivity index (χ1v) is 7.20. The maximum atomic E-state index is 13.6. The zero-order valence-corrected chi connectivity index (χ0v) is 12.6. The Labute approximate surface area is 123 Å². The molecule has 1 rings (SSSR count). The number of hydrogen-bond acceptors (Lipinski definition) is 2. The van der Waals surface area contributed by atoms with Gasteiger partial charge in [-0.1, -0.05) is 33.3 Å². The van der Waals surface area contributed by atoms with Crippen LogP contribution in [-0.2, 0) is 9.59 Å². The van der Waals surface area contributed by atoms with Crippen LogP contribution in [0.25, 0.3) is 0 Å². The van der Waals surface area contributed by atoms with Crippen LogP contribution in [-0.4, -0.2) is 11.7 Å². The number of rotatable bonds is 7. The monoisotopic (exact) mass is 297 g/mol. The second-order valence-electron chi connectivity index (χ2n) is 5.14. The lowest BCUT2D eigenvalue weighted by Gasteiger charge is -2.18. The van der Waals surface area contributed by atoms with E-state index in [9.17, 15) is 18.4 Å². The van der Waals surface area contributed by atoms with Crippen molar-refractivity contribution in [2.75, 3.05) is 5.32 Å². The Bertz CT molecular complexity index is 517. The van der Waals surface area contributed by atoms with Gasteiger partial charge >= 0.3 is 0 Å². The minimum atomic E-state index is -1.11. The van der Waals surface area contributed by atoms with Crippen LogP contribution in [0.2, 0.25) is 0 Å². The van der Waals surface area contributed by atoms with E-state index in [2.05, 4.69) is 5.32 Å². The molecule has 116 valence electrons. The number of hydrogen-bond donors (Lipinski definition) is 1. The van der Waals surface area contributed by atoms with Crippen molar-refractivity contribution in [3.8, 4) is 0 Å². The fourth-order valence-corrected chi connectivity index (χ4v) is 2.06. The van der Waals surface area contributed by atoms with Crippen LogP contribution in [0.4, 0.5) is 14.5 Å². The summed E-state index contributed by atoms with van der Waals surface area (Å²) in [7, 11) is 0. The molecule has 0 aliphatic rings. The minimum Gasteiger partial charge on any atom is -0.323 e. The highest BCUT2D eigenvalue weighted by atomic mass is 19.2. The van der Waals surface area contributed by atoms with Gasteiger partial charge in [-0.25, -0.2) is 8.78 Å². The standard InChI is InChI=1S/C16H21F2NO2/c1-4-7-11(15(20)10(3)5-2)16(21)19-13-9-6-8-12(17)14(13)18/h6,8-11H,4-5,7H2,1-3H3,(H,19,21)/t10-,11?/m1/s1. The molecule has 2 atom stereocenters. The number of ketones is 1.